The molecule has 0 saturated carbocycles. The molecule has 0 amide bonds. The summed E-state index contributed by atoms with van der Waals surface area (Å²) in [5, 5.41) is 10.6. The second-order valence-electron chi connectivity index (χ2n) is 5.88. The van der Waals surface area contributed by atoms with Crippen molar-refractivity contribution in [1.82, 2.24) is 15.3 Å². The van der Waals surface area contributed by atoms with Gasteiger partial charge in [-0.1, -0.05) is 20.8 Å². The van der Waals surface area contributed by atoms with Crippen LogP contribution in [-0.4, -0.2) is 33.8 Å². The van der Waals surface area contributed by atoms with Gasteiger partial charge in [0.2, 0.25) is 0 Å². The highest BCUT2D eigenvalue weighted by Crippen LogP contribution is 2.24. The highest BCUT2D eigenvalue weighted by Gasteiger charge is 2.38. The molecule has 120 valence electrons. The quantitative estimate of drug-likeness (QED) is 0.745. The summed E-state index contributed by atoms with van der Waals surface area (Å²) in [4.78, 5) is 16.8. The van der Waals surface area contributed by atoms with Gasteiger partial charge in [0.05, 0.1) is 6.04 Å². The molecule has 2 rings (SSSR count). The van der Waals surface area contributed by atoms with Crippen LogP contribution in [0.4, 0.5) is 13.2 Å². The van der Waals surface area contributed by atoms with Gasteiger partial charge in [0, 0.05) is 17.3 Å². The van der Waals surface area contributed by atoms with Crippen molar-refractivity contribution in [1.29, 1.82) is 0 Å². The van der Waals surface area contributed by atoms with Crippen LogP contribution in [0.5, 0.6) is 0 Å². The van der Waals surface area contributed by atoms with Crippen molar-refractivity contribution in [3.8, 4) is 0 Å². The molecular formula is C13H20F3N3O2. The van der Waals surface area contributed by atoms with E-state index in [0.717, 1.165) is 12.4 Å². The summed E-state index contributed by atoms with van der Waals surface area (Å²) in [6.07, 6.45) is -0.650. The normalized spacial score (nSPS) is 19.0. The number of aliphatic carboxylic acids is 1. The molecule has 1 aromatic heterocycles. The van der Waals surface area contributed by atoms with E-state index in [-0.39, 0.29) is 5.41 Å². The molecule has 0 unspecified atom stereocenters. The van der Waals surface area contributed by atoms with Crippen LogP contribution in [0.25, 0.3) is 0 Å². The fourth-order valence-electron chi connectivity index (χ4n) is 1.81. The number of alkyl halides is 3. The van der Waals surface area contributed by atoms with E-state index in [1.165, 1.54) is 18.5 Å². The molecule has 1 aliphatic heterocycles. The number of carboxylic acids is 1. The molecular weight excluding hydrogens is 287 g/mol. The molecule has 21 heavy (non-hydrogen) atoms. The molecule has 1 atom stereocenters. The van der Waals surface area contributed by atoms with E-state index in [2.05, 4.69) is 36.1 Å². The minimum atomic E-state index is -5.08. The molecule has 1 aromatic rings. The first-order valence-corrected chi connectivity index (χ1v) is 6.60. The molecule has 0 spiro atoms. The molecule has 1 saturated heterocycles. The maximum absolute atomic E-state index is 10.6. The van der Waals surface area contributed by atoms with Gasteiger partial charge in [0.1, 0.15) is 5.82 Å². The average molecular weight is 307 g/mol. The van der Waals surface area contributed by atoms with Crippen molar-refractivity contribution < 1.29 is 23.1 Å². The first-order valence-electron chi connectivity index (χ1n) is 6.60. The number of hydrogen-bond acceptors (Lipinski definition) is 3. The smallest absolute Gasteiger partial charge is 0.475 e. The highest BCUT2D eigenvalue weighted by atomic mass is 19.4. The van der Waals surface area contributed by atoms with E-state index >= 15 is 0 Å². The summed E-state index contributed by atoms with van der Waals surface area (Å²) < 4.78 is 31.7. The second kappa shape index (κ2) is 6.46. The molecule has 0 bridgehead atoms. The number of nitrogens with one attached hydrogen (secondary N) is 2. The van der Waals surface area contributed by atoms with Crippen LogP contribution in [0.2, 0.25) is 0 Å². The Hall–Kier alpha value is -1.57. The van der Waals surface area contributed by atoms with Crippen LogP contribution in [0.3, 0.4) is 0 Å². The number of aromatic nitrogens is 2. The molecule has 0 aromatic carbocycles. The predicted molar refractivity (Wildman–Crippen MR) is 71.0 cm³/mol. The Kier molecular flexibility index (Phi) is 5.38. The monoisotopic (exact) mass is 307 g/mol. The van der Waals surface area contributed by atoms with Crippen molar-refractivity contribution >= 4 is 5.97 Å². The van der Waals surface area contributed by atoms with Crippen LogP contribution in [0.15, 0.2) is 6.20 Å². The van der Waals surface area contributed by atoms with Crippen LogP contribution >= 0.6 is 0 Å². The Labute approximate surface area is 121 Å². The summed E-state index contributed by atoms with van der Waals surface area (Å²) in [7, 11) is 0. The minimum absolute atomic E-state index is 0.170. The number of halogens is 3. The molecule has 0 radical (unpaired) electrons. The molecule has 3 N–H and O–H groups in total. The van der Waals surface area contributed by atoms with E-state index < -0.39 is 12.1 Å². The van der Waals surface area contributed by atoms with E-state index in [1.54, 1.807) is 0 Å². The number of imidazole rings is 1. The molecule has 1 aliphatic rings. The van der Waals surface area contributed by atoms with Gasteiger partial charge >= 0.3 is 12.1 Å². The average Bonchev–Trinajstić information content (AvgIpc) is 2.98. The first kappa shape index (κ1) is 17.5. The maximum atomic E-state index is 10.6. The summed E-state index contributed by atoms with van der Waals surface area (Å²) in [6.45, 7) is 7.72. The van der Waals surface area contributed by atoms with Crippen LogP contribution < -0.4 is 5.32 Å². The Bertz CT molecular complexity index is 472. The Morgan fingerprint density at radius 3 is 2.29 bits per heavy atom. The van der Waals surface area contributed by atoms with Crippen LogP contribution in [0, 0.1) is 0 Å². The van der Waals surface area contributed by atoms with Crippen molar-refractivity contribution in [2.75, 3.05) is 6.54 Å². The Morgan fingerprint density at radius 2 is 1.95 bits per heavy atom. The standard InChI is InChI=1S/C11H19N3.C2HF3O2/c1-11(2,3)9-7-13-10(14-9)8-5-4-6-12-8;3-2(4,5)1(6)7/h7-8,12H,4-6H2,1-3H3,(H,13,14);(H,6,7)/t8-;/m0./s1. The Morgan fingerprint density at radius 1 is 1.38 bits per heavy atom. The summed E-state index contributed by atoms with van der Waals surface area (Å²) >= 11 is 0. The lowest BCUT2D eigenvalue weighted by Crippen LogP contribution is -2.21. The number of carbonyl (C=O) groups is 1. The summed E-state index contributed by atoms with van der Waals surface area (Å²) in [5.74, 6) is -1.65. The number of aromatic amines is 1. The van der Waals surface area contributed by atoms with Gasteiger partial charge in [-0.05, 0) is 19.4 Å². The molecule has 0 aliphatic carbocycles. The van der Waals surface area contributed by atoms with Gasteiger partial charge in [-0.3, -0.25) is 0 Å². The SMILES string of the molecule is CC(C)(C)c1cnc([C@@H]2CCCN2)[nH]1.O=C(O)C(F)(F)F. The largest absolute Gasteiger partial charge is 0.490 e. The van der Waals surface area contributed by atoms with Gasteiger partial charge in [-0.2, -0.15) is 13.2 Å². The van der Waals surface area contributed by atoms with Crippen molar-refractivity contribution in [3.05, 3.63) is 17.7 Å². The third-order valence-electron chi connectivity index (χ3n) is 3.04. The van der Waals surface area contributed by atoms with Gasteiger partial charge < -0.3 is 15.4 Å². The summed E-state index contributed by atoms with van der Waals surface area (Å²) in [5.41, 5.74) is 1.39. The fourth-order valence-corrected chi connectivity index (χ4v) is 1.81. The topological polar surface area (TPSA) is 78.0 Å². The zero-order valence-electron chi connectivity index (χ0n) is 12.2. The lowest BCUT2D eigenvalue weighted by Gasteiger charge is -2.15. The van der Waals surface area contributed by atoms with Crippen molar-refractivity contribution in [2.24, 2.45) is 0 Å². The predicted octanol–water partition coefficient (Wildman–Crippen LogP) is 2.77. The first-order chi connectivity index (χ1) is 9.51. The maximum Gasteiger partial charge on any atom is 0.490 e. The fraction of sp³-hybridized carbons (Fsp3) is 0.692. The lowest BCUT2D eigenvalue weighted by molar-refractivity contribution is -0.192. The van der Waals surface area contributed by atoms with Gasteiger partial charge in [0.25, 0.3) is 0 Å². The third kappa shape index (κ3) is 5.37. The number of carboxylic acid groups (broad SMARTS) is 1. The molecule has 8 heteroatoms. The number of rotatable bonds is 1. The van der Waals surface area contributed by atoms with Gasteiger partial charge in [-0.25, -0.2) is 9.78 Å². The molecule has 5 nitrogen and oxygen atoms in total. The van der Waals surface area contributed by atoms with Gasteiger partial charge in [0.15, 0.2) is 0 Å². The Balaban J connectivity index is 0.000000270. The van der Waals surface area contributed by atoms with Crippen molar-refractivity contribution in [2.45, 2.75) is 51.2 Å². The minimum Gasteiger partial charge on any atom is -0.475 e. The number of H-pyrrole nitrogens is 1. The van der Waals surface area contributed by atoms with Gasteiger partial charge in [-0.15, -0.1) is 0 Å². The van der Waals surface area contributed by atoms with E-state index in [1.807, 2.05) is 6.20 Å². The lowest BCUT2D eigenvalue weighted by atomic mass is 9.93. The van der Waals surface area contributed by atoms with Crippen LogP contribution in [0.1, 0.15) is 51.2 Å². The summed E-state index contributed by atoms with van der Waals surface area (Å²) in [6, 6.07) is 0.450. The van der Waals surface area contributed by atoms with E-state index in [0.29, 0.717) is 6.04 Å². The van der Waals surface area contributed by atoms with Crippen LogP contribution in [-0.2, 0) is 10.2 Å². The second-order valence-corrected chi connectivity index (χ2v) is 5.88. The highest BCUT2D eigenvalue weighted by molar-refractivity contribution is 5.73. The zero-order chi connectivity index (χ0) is 16.3. The third-order valence-corrected chi connectivity index (χ3v) is 3.04. The number of nitrogens with zero attached hydrogens (tertiary/aromatic N) is 1. The van der Waals surface area contributed by atoms with Crippen molar-refractivity contribution in [3.63, 3.8) is 0 Å². The molecule has 1 fully saturated rings. The van der Waals surface area contributed by atoms with E-state index in [4.69, 9.17) is 9.90 Å². The number of hydrogen-bond donors (Lipinski definition) is 3. The van der Waals surface area contributed by atoms with E-state index in [9.17, 15) is 13.2 Å². The zero-order valence-corrected chi connectivity index (χ0v) is 12.2. The molecule has 2 heterocycles.